The Labute approximate surface area is 124 Å². The highest BCUT2D eigenvalue weighted by Gasteiger charge is 2.22. The molecule has 114 valence electrons. The Bertz CT molecular complexity index is 616. The van der Waals surface area contributed by atoms with E-state index in [1.165, 1.54) is 10.6 Å². The van der Waals surface area contributed by atoms with Crippen LogP contribution in [0, 0.1) is 5.92 Å². The van der Waals surface area contributed by atoms with Gasteiger partial charge in [0.2, 0.25) is 5.91 Å². The van der Waals surface area contributed by atoms with Gasteiger partial charge >= 0.3 is 0 Å². The number of nitrogens with one attached hydrogen (secondary N) is 1. The number of hydrogen-bond donors (Lipinski definition) is 1. The maximum Gasteiger partial charge on any atom is 0.251 e. The van der Waals surface area contributed by atoms with E-state index in [-0.39, 0.29) is 29.8 Å². The van der Waals surface area contributed by atoms with Gasteiger partial charge < -0.3 is 9.88 Å². The lowest BCUT2D eigenvalue weighted by molar-refractivity contribution is -0.122. The maximum atomic E-state index is 12.1. The molecule has 1 unspecified atom stereocenters. The third kappa shape index (κ3) is 3.40. The van der Waals surface area contributed by atoms with Crippen LogP contribution in [0.2, 0.25) is 0 Å². The number of carbonyl (C=O) groups is 2. The number of carbonyl (C=O) groups excluding carboxylic acids is 2. The second kappa shape index (κ2) is 6.24. The zero-order valence-corrected chi connectivity index (χ0v) is 12.8. The number of aromatic nitrogens is 1. The molecule has 0 saturated carbocycles. The number of pyridine rings is 1. The van der Waals surface area contributed by atoms with Crippen LogP contribution < -0.4 is 10.9 Å². The molecule has 0 aliphatic heterocycles. The summed E-state index contributed by atoms with van der Waals surface area (Å²) in [4.78, 5) is 36.0. The number of nitrogens with zero attached hydrogens (tertiary/aromatic N) is 1. The lowest BCUT2D eigenvalue weighted by Gasteiger charge is -2.21. The predicted molar refractivity (Wildman–Crippen MR) is 80.4 cm³/mol. The zero-order valence-electron chi connectivity index (χ0n) is 12.8. The van der Waals surface area contributed by atoms with Crippen LogP contribution in [0.5, 0.6) is 0 Å². The SMILES string of the molecule is CC(C)C(C)NC(=O)Cn1c2c(ccc1=O)C(=O)CCC2. The van der Waals surface area contributed by atoms with Crippen molar-refractivity contribution in [3.8, 4) is 0 Å². The lowest BCUT2D eigenvalue weighted by Crippen LogP contribution is -2.41. The van der Waals surface area contributed by atoms with Gasteiger partial charge in [-0.1, -0.05) is 13.8 Å². The summed E-state index contributed by atoms with van der Waals surface area (Å²) in [7, 11) is 0. The quantitative estimate of drug-likeness (QED) is 0.914. The van der Waals surface area contributed by atoms with E-state index < -0.39 is 0 Å². The second-order valence-corrected chi connectivity index (χ2v) is 6.00. The summed E-state index contributed by atoms with van der Waals surface area (Å²) < 4.78 is 1.44. The molecule has 2 rings (SSSR count). The fraction of sp³-hybridized carbons (Fsp3) is 0.562. The monoisotopic (exact) mass is 290 g/mol. The zero-order chi connectivity index (χ0) is 15.6. The summed E-state index contributed by atoms with van der Waals surface area (Å²) in [6.45, 7) is 5.97. The van der Waals surface area contributed by atoms with E-state index in [0.29, 0.717) is 30.0 Å². The van der Waals surface area contributed by atoms with Crippen LogP contribution >= 0.6 is 0 Å². The summed E-state index contributed by atoms with van der Waals surface area (Å²) in [5.74, 6) is 0.197. The van der Waals surface area contributed by atoms with E-state index in [0.717, 1.165) is 6.42 Å². The molecule has 5 nitrogen and oxygen atoms in total. The summed E-state index contributed by atoms with van der Waals surface area (Å²) in [6.07, 6.45) is 1.92. The summed E-state index contributed by atoms with van der Waals surface area (Å²) in [6, 6.07) is 3.01. The first-order chi connectivity index (χ1) is 9.90. The molecule has 1 aromatic rings. The Kier molecular flexibility index (Phi) is 4.60. The van der Waals surface area contributed by atoms with Crippen molar-refractivity contribution < 1.29 is 9.59 Å². The maximum absolute atomic E-state index is 12.1. The molecule has 0 saturated heterocycles. The van der Waals surface area contributed by atoms with Gasteiger partial charge in [0.25, 0.3) is 5.56 Å². The van der Waals surface area contributed by atoms with Gasteiger partial charge in [0.1, 0.15) is 6.54 Å². The molecule has 0 radical (unpaired) electrons. The molecule has 0 spiro atoms. The first kappa shape index (κ1) is 15.5. The molecular weight excluding hydrogens is 268 g/mol. The van der Waals surface area contributed by atoms with Crippen LogP contribution in [0.15, 0.2) is 16.9 Å². The van der Waals surface area contributed by atoms with Crippen molar-refractivity contribution in [1.82, 2.24) is 9.88 Å². The van der Waals surface area contributed by atoms with Gasteiger partial charge in [0, 0.05) is 29.8 Å². The predicted octanol–water partition coefficient (Wildman–Crippen LogP) is 1.53. The van der Waals surface area contributed by atoms with Crippen LogP contribution in [0.25, 0.3) is 0 Å². The van der Waals surface area contributed by atoms with Gasteiger partial charge in [-0.3, -0.25) is 14.4 Å². The van der Waals surface area contributed by atoms with Crippen molar-refractivity contribution in [1.29, 1.82) is 0 Å². The molecular formula is C16H22N2O3. The average molecular weight is 290 g/mol. The number of Topliss-reactive ketones (excluding diaryl/α,β-unsaturated/α-hetero) is 1. The van der Waals surface area contributed by atoms with Crippen molar-refractivity contribution >= 4 is 11.7 Å². The highest BCUT2D eigenvalue weighted by Crippen LogP contribution is 2.19. The summed E-state index contributed by atoms with van der Waals surface area (Å²) in [5, 5.41) is 2.89. The van der Waals surface area contributed by atoms with Gasteiger partial charge in [0.05, 0.1) is 0 Å². The number of fused-ring (bicyclic) bond motifs is 1. The molecule has 5 heteroatoms. The van der Waals surface area contributed by atoms with Crippen molar-refractivity contribution in [2.24, 2.45) is 5.92 Å². The van der Waals surface area contributed by atoms with Gasteiger partial charge in [-0.05, 0) is 31.7 Å². The minimum absolute atomic E-state index is 0.0215. The molecule has 0 bridgehead atoms. The van der Waals surface area contributed by atoms with E-state index in [1.54, 1.807) is 6.07 Å². The van der Waals surface area contributed by atoms with Crippen LogP contribution in [-0.4, -0.2) is 22.3 Å². The van der Waals surface area contributed by atoms with E-state index in [9.17, 15) is 14.4 Å². The fourth-order valence-corrected chi connectivity index (χ4v) is 2.48. The van der Waals surface area contributed by atoms with Crippen molar-refractivity contribution in [3.63, 3.8) is 0 Å². The third-order valence-corrected chi connectivity index (χ3v) is 4.10. The molecule has 1 aliphatic rings. The molecule has 0 fully saturated rings. The first-order valence-corrected chi connectivity index (χ1v) is 7.45. The molecule has 1 aliphatic carbocycles. The molecule has 21 heavy (non-hydrogen) atoms. The Balaban J connectivity index is 2.24. The van der Waals surface area contributed by atoms with Crippen molar-refractivity contribution in [3.05, 3.63) is 33.7 Å². The molecule has 1 atom stereocenters. The number of ketones is 1. The Morgan fingerprint density at radius 1 is 1.24 bits per heavy atom. The topological polar surface area (TPSA) is 68.2 Å². The number of rotatable bonds is 4. The highest BCUT2D eigenvalue weighted by atomic mass is 16.2. The number of hydrogen-bond acceptors (Lipinski definition) is 3. The Morgan fingerprint density at radius 2 is 1.95 bits per heavy atom. The van der Waals surface area contributed by atoms with Crippen LogP contribution in [0.3, 0.4) is 0 Å². The van der Waals surface area contributed by atoms with E-state index >= 15 is 0 Å². The van der Waals surface area contributed by atoms with Crippen molar-refractivity contribution in [2.45, 2.75) is 52.6 Å². The largest absolute Gasteiger partial charge is 0.352 e. The second-order valence-electron chi connectivity index (χ2n) is 6.00. The van der Waals surface area contributed by atoms with Gasteiger partial charge in [-0.25, -0.2) is 0 Å². The standard InChI is InChI=1S/C16H22N2O3/c1-10(2)11(3)17-15(20)9-18-13-5-4-6-14(19)12(13)7-8-16(18)21/h7-8,10-11H,4-6,9H2,1-3H3,(H,17,20). The fourth-order valence-electron chi connectivity index (χ4n) is 2.48. The molecule has 0 aromatic carbocycles. The van der Waals surface area contributed by atoms with Crippen molar-refractivity contribution in [2.75, 3.05) is 0 Å². The van der Waals surface area contributed by atoms with Gasteiger partial charge in [0.15, 0.2) is 5.78 Å². The average Bonchev–Trinajstić information content (AvgIpc) is 2.42. The Hall–Kier alpha value is -1.91. The highest BCUT2D eigenvalue weighted by molar-refractivity contribution is 5.98. The minimum atomic E-state index is -0.226. The van der Waals surface area contributed by atoms with Crippen LogP contribution in [-0.2, 0) is 17.8 Å². The van der Waals surface area contributed by atoms with Gasteiger partial charge in [-0.2, -0.15) is 0 Å². The third-order valence-electron chi connectivity index (χ3n) is 4.10. The first-order valence-electron chi connectivity index (χ1n) is 7.45. The molecule has 1 heterocycles. The lowest BCUT2D eigenvalue weighted by atomic mass is 9.94. The van der Waals surface area contributed by atoms with E-state index in [1.807, 2.05) is 20.8 Å². The summed E-state index contributed by atoms with van der Waals surface area (Å²) >= 11 is 0. The van der Waals surface area contributed by atoms with E-state index in [4.69, 9.17) is 0 Å². The minimum Gasteiger partial charge on any atom is -0.352 e. The van der Waals surface area contributed by atoms with Crippen LogP contribution in [0.4, 0.5) is 0 Å². The van der Waals surface area contributed by atoms with E-state index in [2.05, 4.69) is 5.32 Å². The Morgan fingerprint density at radius 3 is 2.62 bits per heavy atom. The molecule has 1 aromatic heterocycles. The summed E-state index contributed by atoms with van der Waals surface area (Å²) in [5.41, 5.74) is 1.06. The normalized spacial score (nSPS) is 15.7. The van der Waals surface area contributed by atoms with Crippen LogP contribution in [0.1, 0.15) is 49.7 Å². The molecule has 1 N–H and O–H groups in total. The van der Waals surface area contributed by atoms with Gasteiger partial charge in [-0.15, -0.1) is 0 Å². The molecule has 1 amide bonds. The number of amides is 1. The smallest absolute Gasteiger partial charge is 0.251 e.